The topological polar surface area (TPSA) is 81.6 Å². The van der Waals surface area contributed by atoms with Gasteiger partial charge in [0.15, 0.2) is 0 Å². The Hall–Kier alpha value is -1.92. The Kier molecular flexibility index (Phi) is 3.59. The van der Waals surface area contributed by atoms with E-state index in [9.17, 15) is 4.79 Å². The molecule has 0 saturated heterocycles. The van der Waals surface area contributed by atoms with E-state index in [4.69, 9.17) is 10.5 Å². The van der Waals surface area contributed by atoms with Crippen molar-refractivity contribution in [2.75, 3.05) is 19.0 Å². The SMILES string of the molecule is COCC(N)C(=O)Nc1ccc2nc(C)cn2c1. The van der Waals surface area contributed by atoms with Gasteiger partial charge in [0, 0.05) is 19.5 Å². The predicted octanol–water partition coefficient (Wildman–Crippen LogP) is 0.555. The zero-order valence-corrected chi connectivity index (χ0v) is 10.4. The lowest BCUT2D eigenvalue weighted by molar-refractivity contribution is -0.118. The van der Waals surface area contributed by atoms with Gasteiger partial charge >= 0.3 is 0 Å². The standard InChI is InChI=1S/C12H16N4O2/c1-8-5-16-6-9(3-4-11(16)14-8)15-12(17)10(13)7-18-2/h3-6,10H,7,13H2,1-2H3,(H,15,17). The fourth-order valence-corrected chi connectivity index (χ4v) is 1.68. The molecule has 2 heterocycles. The van der Waals surface area contributed by atoms with Crippen molar-refractivity contribution in [2.45, 2.75) is 13.0 Å². The summed E-state index contributed by atoms with van der Waals surface area (Å²) in [6.45, 7) is 2.11. The maximum absolute atomic E-state index is 11.7. The maximum atomic E-state index is 11.7. The number of nitrogens with one attached hydrogen (secondary N) is 1. The molecule has 2 aromatic rings. The van der Waals surface area contributed by atoms with Crippen LogP contribution in [0.25, 0.3) is 5.65 Å². The summed E-state index contributed by atoms with van der Waals surface area (Å²) in [6.07, 6.45) is 3.69. The first kappa shape index (κ1) is 12.5. The second kappa shape index (κ2) is 5.16. The Morgan fingerprint density at radius 3 is 3.06 bits per heavy atom. The molecular weight excluding hydrogens is 232 g/mol. The van der Waals surface area contributed by atoms with Crippen LogP contribution in [-0.2, 0) is 9.53 Å². The van der Waals surface area contributed by atoms with E-state index in [1.165, 1.54) is 7.11 Å². The van der Waals surface area contributed by atoms with Crippen LogP contribution in [-0.4, -0.2) is 35.1 Å². The van der Waals surface area contributed by atoms with Gasteiger partial charge in [-0.15, -0.1) is 0 Å². The first-order valence-corrected chi connectivity index (χ1v) is 5.61. The second-order valence-corrected chi connectivity index (χ2v) is 4.12. The van der Waals surface area contributed by atoms with Crippen LogP contribution >= 0.6 is 0 Å². The minimum absolute atomic E-state index is 0.193. The monoisotopic (exact) mass is 248 g/mol. The molecule has 18 heavy (non-hydrogen) atoms. The molecule has 6 nitrogen and oxygen atoms in total. The summed E-state index contributed by atoms with van der Waals surface area (Å²) in [4.78, 5) is 16.0. The number of nitrogens with zero attached hydrogens (tertiary/aromatic N) is 2. The van der Waals surface area contributed by atoms with Crippen molar-refractivity contribution in [3.8, 4) is 0 Å². The van der Waals surface area contributed by atoms with Crippen LogP contribution in [0.4, 0.5) is 5.69 Å². The Labute approximate surface area is 105 Å². The van der Waals surface area contributed by atoms with Crippen molar-refractivity contribution in [2.24, 2.45) is 5.73 Å². The fraction of sp³-hybridized carbons (Fsp3) is 0.333. The van der Waals surface area contributed by atoms with Crippen molar-refractivity contribution in [3.63, 3.8) is 0 Å². The maximum Gasteiger partial charge on any atom is 0.243 e. The fourth-order valence-electron chi connectivity index (χ4n) is 1.68. The Bertz CT molecular complexity index is 564. The van der Waals surface area contributed by atoms with E-state index in [0.29, 0.717) is 5.69 Å². The van der Waals surface area contributed by atoms with E-state index in [1.54, 1.807) is 12.3 Å². The van der Waals surface area contributed by atoms with Crippen LogP contribution in [0.15, 0.2) is 24.5 Å². The van der Waals surface area contributed by atoms with Crippen LogP contribution in [0, 0.1) is 6.92 Å². The predicted molar refractivity (Wildman–Crippen MR) is 68.4 cm³/mol. The number of amides is 1. The number of anilines is 1. The molecule has 1 unspecified atom stereocenters. The van der Waals surface area contributed by atoms with Gasteiger partial charge in [0.05, 0.1) is 18.0 Å². The summed E-state index contributed by atoms with van der Waals surface area (Å²) < 4.78 is 6.69. The van der Waals surface area contributed by atoms with Crippen LogP contribution < -0.4 is 11.1 Å². The summed E-state index contributed by atoms with van der Waals surface area (Å²) in [6, 6.07) is 2.96. The van der Waals surface area contributed by atoms with E-state index in [2.05, 4.69) is 10.3 Å². The van der Waals surface area contributed by atoms with Gasteiger partial charge in [0.2, 0.25) is 5.91 Å². The Morgan fingerprint density at radius 1 is 1.56 bits per heavy atom. The number of carbonyl (C=O) groups is 1. The van der Waals surface area contributed by atoms with Crippen molar-refractivity contribution < 1.29 is 9.53 Å². The average Bonchev–Trinajstić information content (AvgIpc) is 2.68. The number of methoxy groups -OCH3 is 1. The van der Waals surface area contributed by atoms with Crippen LogP contribution in [0.1, 0.15) is 5.69 Å². The molecule has 0 fully saturated rings. The van der Waals surface area contributed by atoms with Crippen molar-refractivity contribution >= 4 is 17.2 Å². The number of nitrogens with two attached hydrogens (primary N) is 1. The number of rotatable bonds is 4. The van der Waals surface area contributed by atoms with E-state index >= 15 is 0 Å². The normalized spacial score (nSPS) is 12.6. The van der Waals surface area contributed by atoms with Gasteiger partial charge in [-0.1, -0.05) is 0 Å². The van der Waals surface area contributed by atoms with E-state index in [0.717, 1.165) is 11.3 Å². The number of pyridine rings is 1. The molecule has 0 aliphatic carbocycles. The van der Waals surface area contributed by atoms with E-state index in [-0.39, 0.29) is 12.5 Å². The molecule has 6 heteroatoms. The van der Waals surface area contributed by atoms with Gasteiger partial charge in [-0.05, 0) is 19.1 Å². The summed E-state index contributed by atoms with van der Waals surface area (Å²) >= 11 is 0. The lowest BCUT2D eigenvalue weighted by Crippen LogP contribution is -2.39. The summed E-state index contributed by atoms with van der Waals surface area (Å²) in [7, 11) is 1.51. The van der Waals surface area contributed by atoms with Crippen molar-refractivity contribution in [3.05, 3.63) is 30.2 Å². The molecule has 96 valence electrons. The van der Waals surface area contributed by atoms with Gasteiger partial charge in [-0.2, -0.15) is 0 Å². The minimum Gasteiger partial charge on any atom is -0.383 e. The summed E-state index contributed by atoms with van der Waals surface area (Å²) in [5.74, 6) is -0.270. The third kappa shape index (κ3) is 2.66. The van der Waals surface area contributed by atoms with Crippen molar-refractivity contribution in [1.82, 2.24) is 9.38 Å². The number of aryl methyl sites for hydroxylation is 1. The van der Waals surface area contributed by atoms with Gasteiger partial charge in [-0.3, -0.25) is 4.79 Å². The molecule has 2 aromatic heterocycles. The molecule has 0 aliphatic rings. The highest BCUT2D eigenvalue weighted by Crippen LogP contribution is 2.11. The molecule has 0 spiro atoms. The Morgan fingerprint density at radius 2 is 2.33 bits per heavy atom. The summed E-state index contributed by atoms with van der Waals surface area (Å²) in [5.41, 5.74) is 8.08. The number of aromatic nitrogens is 2. The highest BCUT2D eigenvalue weighted by molar-refractivity contribution is 5.94. The molecule has 3 N–H and O–H groups in total. The minimum atomic E-state index is -0.671. The number of hydrogen-bond acceptors (Lipinski definition) is 4. The average molecular weight is 248 g/mol. The van der Waals surface area contributed by atoms with Gasteiger partial charge in [0.1, 0.15) is 11.7 Å². The van der Waals surface area contributed by atoms with Gasteiger partial charge in [0.25, 0.3) is 0 Å². The van der Waals surface area contributed by atoms with Crippen LogP contribution in [0.3, 0.4) is 0 Å². The number of fused-ring (bicyclic) bond motifs is 1. The molecule has 2 rings (SSSR count). The van der Waals surface area contributed by atoms with Crippen molar-refractivity contribution in [1.29, 1.82) is 0 Å². The third-order valence-corrected chi connectivity index (χ3v) is 2.52. The van der Waals surface area contributed by atoms with Crippen LogP contribution in [0.2, 0.25) is 0 Å². The number of imidazole rings is 1. The highest BCUT2D eigenvalue weighted by atomic mass is 16.5. The van der Waals surface area contributed by atoms with Gasteiger partial charge in [-0.25, -0.2) is 4.98 Å². The number of ether oxygens (including phenoxy) is 1. The Balaban J connectivity index is 2.14. The first-order valence-electron chi connectivity index (χ1n) is 5.61. The largest absolute Gasteiger partial charge is 0.383 e. The zero-order valence-electron chi connectivity index (χ0n) is 10.4. The molecule has 1 atom stereocenters. The molecule has 0 aliphatic heterocycles. The quantitative estimate of drug-likeness (QED) is 0.828. The first-order chi connectivity index (χ1) is 8.60. The molecule has 0 radical (unpaired) electrons. The second-order valence-electron chi connectivity index (χ2n) is 4.12. The molecule has 0 bridgehead atoms. The molecule has 0 aromatic carbocycles. The lowest BCUT2D eigenvalue weighted by atomic mass is 10.3. The zero-order chi connectivity index (χ0) is 13.1. The van der Waals surface area contributed by atoms with Crippen LogP contribution in [0.5, 0.6) is 0 Å². The third-order valence-electron chi connectivity index (χ3n) is 2.52. The number of hydrogen-bond donors (Lipinski definition) is 2. The van der Waals surface area contributed by atoms with E-state index in [1.807, 2.05) is 23.6 Å². The smallest absolute Gasteiger partial charge is 0.243 e. The highest BCUT2D eigenvalue weighted by Gasteiger charge is 2.13. The van der Waals surface area contributed by atoms with E-state index < -0.39 is 6.04 Å². The lowest BCUT2D eigenvalue weighted by Gasteiger charge is -2.11. The number of carbonyl (C=O) groups excluding carboxylic acids is 1. The molecule has 0 saturated carbocycles. The molecular formula is C12H16N4O2. The van der Waals surface area contributed by atoms with Gasteiger partial charge < -0.3 is 20.2 Å². The summed E-state index contributed by atoms with van der Waals surface area (Å²) in [5, 5.41) is 2.74. The molecule has 1 amide bonds.